The highest BCUT2D eigenvalue weighted by atomic mass is 32.1. The summed E-state index contributed by atoms with van der Waals surface area (Å²) in [5, 5.41) is 9.08. The van der Waals surface area contributed by atoms with Crippen molar-refractivity contribution in [1.82, 2.24) is 9.71 Å². The average molecular weight is 260 g/mol. The number of carbonyl (C=O) groups is 1. The van der Waals surface area contributed by atoms with E-state index in [1.807, 2.05) is 0 Å². The fraction of sp³-hybridized carbons (Fsp3) is 0.556. The Bertz CT molecular complexity index is 428. The average Bonchev–Trinajstić information content (AvgIpc) is 2.57. The number of nitrogens with two attached hydrogens (primary N) is 2. The van der Waals surface area contributed by atoms with Gasteiger partial charge in [0.1, 0.15) is 12.2 Å². The predicted molar refractivity (Wildman–Crippen MR) is 63.7 cm³/mol. The van der Waals surface area contributed by atoms with Gasteiger partial charge >= 0.3 is 5.97 Å². The largest absolute Gasteiger partial charge is 0.493 e. The molecule has 0 saturated heterocycles. The number of H-pyrrole nitrogens is 1. The van der Waals surface area contributed by atoms with Gasteiger partial charge in [-0.25, -0.2) is 4.79 Å². The molecule has 0 saturated carbocycles. The number of hydrogen-bond donors (Lipinski definition) is 4. The van der Waals surface area contributed by atoms with Gasteiger partial charge in [-0.3, -0.25) is 4.98 Å². The van der Waals surface area contributed by atoms with E-state index in [2.05, 4.69) is 4.98 Å². The molecule has 6 N–H and O–H groups in total. The molecule has 0 radical (unpaired) electrons. The van der Waals surface area contributed by atoms with E-state index in [9.17, 15) is 4.79 Å². The van der Waals surface area contributed by atoms with Crippen LogP contribution in [0.25, 0.3) is 0 Å². The number of aromatic nitrogens is 2. The third-order valence-corrected chi connectivity index (χ3v) is 2.42. The Morgan fingerprint density at radius 1 is 1.65 bits per heavy atom. The van der Waals surface area contributed by atoms with Crippen LogP contribution < -0.4 is 16.3 Å². The number of nitrogens with zero attached hydrogens (tertiary/aromatic N) is 1. The van der Waals surface area contributed by atoms with Crippen molar-refractivity contribution in [1.29, 1.82) is 0 Å². The standard InChI is InChI=1S/C9H16N4O3S/c10-4-2-1-3-6(11)8(15)16-13-5-7(14)12-9(13)17/h5-6,14H,1-4,10-11H2,(H,12,17)/t6-/m0/s1. The second-order valence-corrected chi connectivity index (χ2v) is 3.96. The van der Waals surface area contributed by atoms with Gasteiger partial charge < -0.3 is 21.4 Å². The van der Waals surface area contributed by atoms with E-state index in [0.717, 1.165) is 23.8 Å². The normalized spacial score (nSPS) is 12.4. The molecule has 17 heavy (non-hydrogen) atoms. The second-order valence-electron chi connectivity index (χ2n) is 3.57. The molecule has 0 spiro atoms. The van der Waals surface area contributed by atoms with Crippen LogP contribution in [0.4, 0.5) is 0 Å². The molecule has 1 aromatic rings. The van der Waals surface area contributed by atoms with E-state index < -0.39 is 12.0 Å². The Morgan fingerprint density at radius 3 is 2.88 bits per heavy atom. The molecule has 0 aromatic carbocycles. The zero-order valence-electron chi connectivity index (χ0n) is 9.26. The molecule has 0 aliphatic rings. The second kappa shape index (κ2) is 6.38. The zero-order valence-corrected chi connectivity index (χ0v) is 10.1. The smallest absolute Gasteiger partial charge is 0.349 e. The molecule has 0 aliphatic heterocycles. The molecular formula is C9H16N4O3S. The van der Waals surface area contributed by atoms with Crippen molar-refractivity contribution in [3.8, 4) is 5.88 Å². The van der Waals surface area contributed by atoms with Gasteiger partial charge in [0.25, 0.3) is 0 Å². The summed E-state index contributed by atoms with van der Waals surface area (Å²) in [5.74, 6) is -0.781. The van der Waals surface area contributed by atoms with Gasteiger partial charge in [-0.2, -0.15) is 0 Å². The Kier molecular flexibility index (Phi) is 5.13. The van der Waals surface area contributed by atoms with Crippen molar-refractivity contribution in [2.24, 2.45) is 11.5 Å². The number of unbranched alkanes of at least 4 members (excludes halogenated alkanes) is 1. The van der Waals surface area contributed by atoms with Crippen LogP contribution in [0.3, 0.4) is 0 Å². The minimum Gasteiger partial charge on any atom is -0.493 e. The van der Waals surface area contributed by atoms with Crippen molar-refractivity contribution in [2.75, 3.05) is 6.54 Å². The molecule has 96 valence electrons. The summed E-state index contributed by atoms with van der Waals surface area (Å²) in [6, 6.07) is -0.722. The third-order valence-electron chi connectivity index (χ3n) is 2.14. The molecule has 0 bridgehead atoms. The predicted octanol–water partition coefficient (Wildman–Crippen LogP) is -0.337. The Morgan fingerprint density at radius 2 is 2.35 bits per heavy atom. The molecule has 0 aliphatic carbocycles. The fourth-order valence-electron chi connectivity index (χ4n) is 1.23. The maximum Gasteiger partial charge on any atom is 0.349 e. The quantitative estimate of drug-likeness (QED) is 0.410. The minimum absolute atomic E-state index is 0.0880. The van der Waals surface area contributed by atoms with E-state index in [4.69, 9.17) is 33.6 Å². The van der Waals surface area contributed by atoms with Crippen LogP contribution in [-0.2, 0) is 4.79 Å². The molecule has 1 rings (SSSR count). The minimum atomic E-state index is -0.722. The molecule has 1 heterocycles. The number of carbonyl (C=O) groups excluding carboxylic acids is 1. The van der Waals surface area contributed by atoms with Crippen LogP contribution in [0, 0.1) is 4.77 Å². The highest BCUT2D eigenvalue weighted by Crippen LogP contribution is 2.04. The first-order valence-electron chi connectivity index (χ1n) is 5.23. The zero-order chi connectivity index (χ0) is 12.8. The number of aromatic amines is 1. The van der Waals surface area contributed by atoms with Crippen molar-refractivity contribution in [3.63, 3.8) is 0 Å². The first kappa shape index (κ1) is 13.7. The van der Waals surface area contributed by atoms with E-state index in [1.165, 1.54) is 0 Å². The van der Waals surface area contributed by atoms with E-state index >= 15 is 0 Å². The molecule has 8 heteroatoms. The number of nitrogens with one attached hydrogen (secondary N) is 1. The first-order valence-corrected chi connectivity index (χ1v) is 5.64. The molecule has 1 aromatic heterocycles. The SMILES string of the molecule is NCCCC[C@H](N)C(=O)On1cc(O)[nH]c1=S. The van der Waals surface area contributed by atoms with E-state index in [-0.39, 0.29) is 10.7 Å². The van der Waals surface area contributed by atoms with Gasteiger partial charge in [-0.1, -0.05) is 6.42 Å². The van der Waals surface area contributed by atoms with Crippen LogP contribution in [0.1, 0.15) is 19.3 Å². The van der Waals surface area contributed by atoms with Crippen molar-refractivity contribution in [2.45, 2.75) is 25.3 Å². The summed E-state index contributed by atoms with van der Waals surface area (Å²) in [5.41, 5.74) is 11.0. The van der Waals surface area contributed by atoms with Crippen molar-refractivity contribution < 1.29 is 14.7 Å². The van der Waals surface area contributed by atoms with Crippen LogP contribution in [-0.4, -0.2) is 33.4 Å². The van der Waals surface area contributed by atoms with Gasteiger partial charge in [0, 0.05) is 0 Å². The molecular weight excluding hydrogens is 244 g/mol. The monoisotopic (exact) mass is 260 g/mol. The van der Waals surface area contributed by atoms with Crippen LogP contribution in [0.5, 0.6) is 5.88 Å². The van der Waals surface area contributed by atoms with Crippen LogP contribution in [0.15, 0.2) is 6.20 Å². The number of aromatic hydroxyl groups is 1. The topological polar surface area (TPSA) is 119 Å². The number of rotatable bonds is 6. The molecule has 7 nitrogen and oxygen atoms in total. The highest BCUT2D eigenvalue weighted by molar-refractivity contribution is 7.71. The third kappa shape index (κ3) is 4.17. The van der Waals surface area contributed by atoms with Crippen LogP contribution >= 0.6 is 12.2 Å². The van der Waals surface area contributed by atoms with Gasteiger partial charge in [0.15, 0.2) is 0 Å². The lowest BCUT2D eigenvalue weighted by atomic mass is 10.1. The highest BCUT2D eigenvalue weighted by Gasteiger charge is 2.16. The first-order chi connectivity index (χ1) is 8.04. The van der Waals surface area contributed by atoms with Gasteiger partial charge in [0.2, 0.25) is 10.7 Å². The van der Waals surface area contributed by atoms with Gasteiger partial charge in [-0.15, -0.1) is 4.73 Å². The van der Waals surface area contributed by atoms with Gasteiger partial charge in [0.05, 0.1) is 0 Å². The lowest BCUT2D eigenvalue weighted by Gasteiger charge is -2.10. The molecule has 0 unspecified atom stereocenters. The maximum atomic E-state index is 11.5. The van der Waals surface area contributed by atoms with Crippen molar-refractivity contribution in [3.05, 3.63) is 11.0 Å². The summed E-state index contributed by atoms with van der Waals surface area (Å²) >= 11 is 4.80. The summed E-state index contributed by atoms with van der Waals surface area (Å²) in [7, 11) is 0. The Balaban J connectivity index is 2.48. The molecule has 0 fully saturated rings. The van der Waals surface area contributed by atoms with Crippen LogP contribution in [0.2, 0.25) is 0 Å². The maximum absolute atomic E-state index is 11.5. The number of hydrogen-bond acceptors (Lipinski definition) is 6. The Hall–Kier alpha value is -1.38. The van der Waals surface area contributed by atoms with Crippen molar-refractivity contribution >= 4 is 18.2 Å². The summed E-state index contributed by atoms with van der Waals surface area (Å²) < 4.78 is 1.06. The molecule has 1 atom stereocenters. The van der Waals surface area contributed by atoms with E-state index in [1.54, 1.807) is 0 Å². The Labute approximate surface area is 103 Å². The molecule has 0 amide bonds. The summed E-state index contributed by atoms with van der Waals surface area (Å²) in [6.07, 6.45) is 3.23. The summed E-state index contributed by atoms with van der Waals surface area (Å²) in [6.45, 7) is 0.568. The van der Waals surface area contributed by atoms with E-state index in [0.29, 0.717) is 13.0 Å². The summed E-state index contributed by atoms with van der Waals surface area (Å²) in [4.78, 5) is 18.8. The van der Waals surface area contributed by atoms with Gasteiger partial charge in [-0.05, 0) is 31.6 Å². The lowest BCUT2D eigenvalue weighted by molar-refractivity contribution is -0.146. The number of imidazole rings is 1. The lowest BCUT2D eigenvalue weighted by Crippen LogP contribution is -2.37. The fourth-order valence-corrected chi connectivity index (χ4v) is 1.42.